The van der Waals surface area contributed by atoms with Crippen molar-refractivity contribution in [2.45, 2.75) is 6.92 Å². The van der Waals surface area contributed by atoms with E-state index in [1.807, 2.05) is 0 Å². The topological polar surface area (TPSA) is 41.1 Å². The molecular weight excluding hydrogens is 279 g/mol. The number of carbonyl (C=O) groups excluding carboxylic acids is 1. The molecule has 0 atom stereocenters. The van der Waals surface area contributed by atoms with Crippen molar-refractivity contribution < 1.29 is 9.18 Å². The molecule has 104 valence electrons. The van der Waals surface area contributed by atoms with Crippen LogP contribution in [0.4, 0.5) is 15.8 Å². The van der Waals surface area contributed by atoms with Crippen LogP contribution in [0, 0.1) is 12.7 Å². The predicted octanol–water partition coefficient (Wildman–Crippen LogP) is 3.84. The molecule has 2 N–H and O–H groups in total. The summed E-state index contributed by atoms with van der Waals surface area (Å²) < 4.78 is 13.0. The van der Waals surface area contributed by atoms with Crippen LogP contribution in [-0.2, 0) is 4.79 Å². The third-order valence-corrected chi connectivity index (χ3v) is 3.11. The molecule has 0 aliphatic heterocycles. The average Bonchev–Trinajstić information content (AvgIpc) is 2.40. The van der Waals surface area contributed by atoms with E-state index >= 15 is 0 Å². The molecule has 2 aromatic carbocycles. The molecule has 0 radical (unpaired) electrons. The Hall–Kier alpha value is -2.07. The van der Waals surface area contributed by atoms with Crippen molar-refractivity contribution in [2.75, 3.05) is 17.2 Å². The first-order valence-corrected chi connectivity index (χ1v) is 6.48. The number of benzene rings is 2. The second-order valence-corrected chi connectivity index (χ2v) is 4.75. The zero-order chi connectivity index (χ0) is 14.5. The second kappa shape index (κ2) is 6.39. The molecule has 0 unspecified atom stereocenters. The average molecular weight is 293 g/mol. The zero-order valence-corrected chi connectivity index (χ0v) is 11.7. The van der Waals surface area contributed by atoms with Crippen molar-refractivity contribution in [3.63, 3.8) is 0 Å². The quantitative estimate of drug-likeness (QED) is 0.899. The van der Waals surface area contributed by atoms with Crippen molar-refractivity contribution in [1.29, 1.82) is 0 Å². The lowest BCUT2D eigenvalue weighted by Crippen LogP contribution is -2.22. The van der Waals surface area contributed by atoms with E-state index in [1.54, 1.807) is 37.3 Å². The highest BCUT2D eigenvalue weighted by Gasteiger charge is 2.06. The summed E-state index contributed by atoms with van der Waals surface area (Å²) in [5.41, 5.74) is 2.04. The fourth-order valence-corrected chi connectivity index (χ4v) is 1.94. The molecule has 1 amide bonds. The summed E-state index contributed by atoms with van der Waals surface area (Å²) in [7, 11) is 0. The lowest BCUT2D eigenvalue weighted by atomic mass is 10.2. The molecule has 0 aliphatic rings. The molecular formula is C15H14ClFN2O. The van der Waals surface area contributed by atoms with E-state index in [0.29, 0.717) is 10.7 Å². The van der Waals surface area contributed by atoms with Crippen LogP contribution in [0.15, 0.2) is 42.5 Å². The van der Waals surface area contributed by atoms with E-state index in [2.05, 4.69) is 10.6 Å². The van der Waals surface area contributed by atoms with E-state index in [-0.39, 0.29) is 18.3 Å². The highest BCUT2D eigenvalue weighted by atomic mass is 35.5. The van der Waals surface area contributed by atoms with Crippen molar-refractivity contribution in [3.8, 4) is 0 Å². The lowest BCUT2D eigenvalue weighted by Gasteiger charge is -2.10. The number of hydrogen-bond donors (Lipinski definition) is 2. The fraction of sp³-hybridized carbons (Fsp3) is 0.133. The molecule has 0 spiro atoms. The second-order valence-electron chi connectivity index (χ2n) is 4.34. The number of rotatable bonds is 4. The minimum Gasteiger partial charge on any atom is -0.376 e. The third-order valence-electron chi connectivity index (χ3n) is 2.78. The fourth-order valence-electron chi connectivity index (χ4n) is 1.76. The van der Waals surface area contributed by atoms with Crippen LogP contribution in [0.2, 0.25) is 5.02 Å². The van der Waals surface area contributed by atoms with E-state index in [4.69, 9.17) is 11.6 Å². The molecule has 2 aromatic rings. The number of hydrogen-bond acceptors (Lipinski definition) is 2. The van der Waals surface area contributed by atoms with Gasteiger partial charge in [0.1, 0.15) is 5.82 Å². The number of nitrogens with one attached hydrogen (secondary N) is 2. The number of para-hydroxylation sites is 1. The normalized spacial score (nSPS) is 10.2. The van der Waals surface area contributed by atoms with Crippen molar-refractivity contribution in [2.24, 2.45) is 0 Å². The summed E-state index contributed by atoms with van der Waals surface area (Å²) in [5.74, 6) is -0.518. The molecule has 0 saturated heterocycles. The van der Waals surface area contributed by atoms with E-state index in [9.17, 15) is 9.18 Å². The molecule has 0 aliphatic carbocycles. The lowest BCUT2D eigenvalue weighted by molar-refractivity contribution is -0.114. The van der Waals surface area contributed by atoms with Gasteiger partial charge in [-0.2, -0.15) is 0 Å². The van der Waals surface area contributed by atoms with Crippen molar-refractivity contribution in [3.05, 3.63) is 58.9 Å². The van der Waals surface area contributed by atoms with Gasteiger partial charge in [0.2, 0.25) is 5.91 Å². The smallest absolute Gasteiger partial charge is 0.243 e. The molecule has 0 fully saturated rings. The molecule has 2 rings (SSSR count). The Balaban J connectivity index is 1.94. The first-order valence-electron chi connectivity index (χ1n) is 6.10. The Morgan fingerprint density at radius 3 is 2.65 bits per heavy atom. The SMILES string of the molecule is Cc1cc(F)ccc1NCC(=O)Nc1ccccc1Cl. The van der Waals surface area contributed by atoms with Gasteiger partial charge in [-0.3, -0.25) is 4.79 Å². The van der Waals surface area contributed by atoms with Crippen molar-refractivity contribution >= 4 is 28.9 Å². The zero-order valence-electron chi connectivity index (χ0n) is 10.9. The van der Waals surface area contributed by atoms with Crippen LogP contribution in [0.1, 0.15) is 5.56 Å². The standard InChI is InChI=1S/C15H14ClFN2O/c1-10-8-11(17)6-7-13(10)18-9-15(20)19-14-5-3-2-4-12(14)16/h2-8,18H,9H2,1H3,(H,19,20). The summed E-state index contributed by atoms with van der Waals surface area (Å²) in [6.07, 6.45) is 0. The number of halogens is 2. The maximum absolute atomic E-state index is 13.0. The Morgan fingerprint density at radius 1 is 1.20 bits per heavy atom. The Kier molecular flexibility index (Phi) is 4.58. The van der Waals surface area contributed by atoms with Crippen molar-refractivity contribution in [1.82, 2.24) is 0 Å². The molecule has 5 heteroatoms. The first kappa shape index (κ1) is 14.3. The summed E-state index contributed by atoms with van der Waals surface area (Å²) in [6, 6.07) is 11.4. The first-order chi connectivity index (χ1) is 9.56. The van der Waals surface area contributed by atoms with E-state index in [0.717, 1.165) is 11.3 Å². The van der Waals surface area contributed by atoms with Crippen LogP contribution in [-0.4, -0.2) is 12.5 Å². The Labute approximate surface area is 121 Å². The number of anilines is 2. The number of carbonyl (C=O) groups is 1. The summed E-state index contributed by atoms with van der Waals surface area (Å²) in [5, 5.41) is 6.15. The Morgan fingerprint density at radius 2 is 1.95 bits per heavy atom. The summed E-state index contributed by atoms with van der Waals surface area (Å²) in [6.45, 7) is 1.86. The van der Waals surface area contributed by atoms with Gasteiger partial charge in [-0.25, -0.2) is 4.39 Å². The van der Waals surface area contributed by atoms with Gasteiger partial charge in [-0.1, -0.05) is 23.7 Å². The van der Waals surface area contributed by atoms with E-state index in [1.165, 1.54) is 12.1 Å². The predicted molar refractivity (Wildman–Crippen MR) is 79.7 cm³/mol. The van der Waals surface area contributed by atoms with Crippen LogP contribution in [0.3, 0.4) is 0 Å². The van der Waals surface area contributed by atoms with Gasteiger partial charge in [0.25, 0.3) is 0 Å². The number of aryl methyl sites for hydroxylation is 1. The highest BCUT2D eigenvalue weighted by molar-refractivity contribution is 6.33. The van der Waals surface area contributed by atoms with Gasteiger partial charge in [-0.15, -0.1) is 0 Å². The van der Waals surface area contributed by atoms with Gasteiger partial charge < -0.3 is 10.6 Å². The van der Waals surface area contributed by atoms with Gasteiger partial charge in [0.05, 0.1) is 17.3 Å². The van der Waals surface area contributed by atoms with Crippen LogP contribution in [0.25, 0.3) is 0 Å². The van der Waals surface area contributed by atoms with E-state index < -0.39 is 0 Å². The molecule has 0 aromatic heterocycles. The maximum Gasteiger partial charge on any atom is 0.243 e. The van der Waals surface area contributed by atoms with Gasteiger partial charge in [0, 0.05) is 5.69 Å². The third kappa shape index (κ3) is 3.71. The van der Waals surface area contributed by atoms with Gasteiger partial charge >= 0.3 is 0 Å². The molecule has 3 nitrogen and oxygen atoms in total. The minimum atomic E-state index is -0.298. The number of amides is 1. The van der Waals surface area contributed by atoms with Crippen LogP contribution >= 0.6 is 11.6 Å². The highest BCUT2D eigenvalue weighted by Crippen LogP contribution is 2.20. The van der Waals surface area contributed by atoms with Crippen LogP contribution < -0.4 is 10.6 Å². The minimum absolute atomic E-state index is 0.0810. The van der Waals surface area contributed by atoms with Crippen LogP contribution in [0.5, 0.6) is 0 Å². The van der Waals surface area contributed by atoms with Gasteiger partial charge in [-0.05, 0) is 42.8 Å². The maximum atomic E-state index is 13.0. The summed E-state index contributed by atoms with van der Waals surface area (Å²) >= 11 is 5.95. The molecule has 20 heavy (non-hydrogen) atoms. The Bertz CT molecular complexity index is 631. The molecule has 0 saturated carbocycles. The monoisotopic (exact) mass is 292 g/mol. The summed E-state index contributed by atoms with van der Waals surface area (Å²) in [4.78, 5) is 11.8. The molecule has 0 heterocycles. The van der Waals surface area contributed by atoms with Gasteiger partial charge in [0.15, 0.2) is 0 Å². The largest absolute Gasteiger partial charge is 0.376 e. The molecule has 0 bridgehead atoms.